The Morgan fingerprint density at radius 2 is 2.03 bits per heavy atom. The van der Waals surface area contributed by atoms with Crippen LogP contribution in [-0.2, 0) is 23.9 Å². The second-order valence-corrected chi connectivity index (χ2v) is 10.6. The number of β-lactam (4-membered cyclic amide) rings is 1. The van der Waals surface area contributed by atoms with Crippen molar-refractivity contribution in [2.75, 3.05) is 12.4 Å². The van der Waals surface area contributed by atoms with Crippen molar-refractivity contribution in [1.29, 1.82) is 0 Å². The van der Waals surface area contributed by atoms with E-state index in [2.05, 4.69) is 4.99 Å². The summed E-state index contributed by atoms with van der Waals surface area (Å²) in [6.45, 7) is 6.26. The topological polar surface area (TPSA) is 85.3 Å². The SMILES string of the molecule is CC(=O)OCC1=C(C(=O)OC(C)(C)C)N2C(=O)[C@@](Cl)(N=C(Cl)c3cccc(Cl)c3)[C@H]2SC1. The number of rotatable bonds is 5. The van der Waals surface area contributed by atoms with Gasteiger partial charge in [0.25, 0.3) is 5.91 Å². The summed E-state index contributed by atoms with van der Waals surface area (Å²) in [6.07, 6.45) is 0. The molecule has 0 spiro atoms. The number of benzene rings is 1. The van der Waals surface area contributed by atoms with Crippen LogP contribution in [0.15, 0.2) is 40.5 Å². The van der Waals surface area contributed by atoms with Gasteiger partial charge in [-0.1, -0.05) is 46.9 Å². The summed E-state index contributed by atoms with van der Waals surface area (Å²) in [4.78, 5) is 41.2. The summed E-state index contributed by atoms with van der Waals surface area (Å²) < 4.78 is 10.6. The highest BCUT2D eigenvalue weighted by molar-refractivity contribution is 8.00. The standard InChI is InChI=1S/C21H21Cl3N2O5S/c1-11(27)30-9-13-10-32-19-21(24,25-16(23)12-6-5-7-14(22)8-12)18(29)26(19)15(13)17(28)31-20(2,3)4/h5-8,19H,9-10H2,1-4H3/t19-,21-/m1/s1. The minimum Gasteiger partial charge on any atom is -0.461 e. The molecule has 0 aromatic heterocycles. The fourth-order valence-corrected chi connectivity index (χ4v) is 5.35. The zero-order valence-electron chi connectivity index (χ0n) is 17.8. The molecule has 2 heterocycles. The van der Waals surface area contributed by atoms with Crippen molar-refractivity contribution in [3.05, 3.63) is 46.1 Å². The van der Waals surface area contributed by atoms with Crippen LogP contribution in [0.1, 0.15) is 33.3 Å². The molecule has 1 amide bonds. The van der Waals surface area contributed by atoms with Crippen LogP contribution in [0.25, 0.3) is 0 Å². The van der Waals surface area contributed by atoms with E-state index in [4.69, 9.17) is 44.3 Å². The lowest BCUT2D eigenvalue weighted by molar-refractivity contribution is -0.159. The van der Waals surface area contributed by atoms with E-state index in [0.717, 1.165) is 0 Å². The molecule has 0 N–H and O–H groups in total. The molecule has 3 rings (SSSR count). The number of thioether (sulfide) groups is 1. The molecular weight excluding hydrogens is 499 g/mol. The van der Waals surface area contributed by atoms with Crippen molar-refractivity contribution in [1.82, 2.24) is 4.90 Å². The number of alkyl halides is 1. The smallest absolute Gasteiger partial charge is 0.355 e. The molecule has 1 aromatic rings. The van der Waals surface area contributed by atoms with Gasteiger partial charge in [0.2, 0.25) is 5.00 Å². The second-order valence-electron chi connectivity index (χ2n) is 8.16. The van der Waals surface area contributed by atoms with E-state index in [-0.39, 0.29) is 23.2 Å². The lowest BCUT2D eigenvalue weighted by Crippen LogP contribution is -2.70. The minimum atomic E-state index is -1.70. The molecule has 2 aliphatic heterocycles. The van der Waals surface area contributed by atoms with E-state index in [9.17, 15) is 14.4 Å². The predicted octanol–water partition coefficient (Wildman–Crippen LogP) is 4.33. The number of carbonyl (C=O) groups excluding carboxylic acids is 3. The monoisotopic (exact) mass is 518 g/mol. The molecule has 7 nitrogen and oxygen atoms in total. The summed E-state index contributed by atoms with van der Waals surface area (Å²) >= 11 is 20.2. The van der Waals surface area contributed by atoms with Gasteiger partial charge in [-0.2, -0.15) is 0 Å². The fraction of sp³-hybridized carbons (Fsp3) is 0.429. The first-order chi connectivity index (χ1) is 14.8. The van der Waals surface area contributed by atoms with Crippen LogP contribution >= 0.6 is 46.6 Å². The fourth-order valence-electron chi connectivity index (χ4n) is 3.10. The molecule has 1 saturated heterocycles. The Kier molecular flexibility index (Phi) is 7.20. The van der Waals surface area contributed by atoms with Crippen molar-refractivity contribution >= 4 is 69.6 Å². The number of fused-ring (bicyclic) bond motifs is 1. The van der Waals surface area contributed by atoms with E-state index < -0.39 is 33.8 Å². The average Bonchev–Trinajstić information content (AvgIpc) is 2.69. The van der Waals surface area contributed by atoms with Crippen molar-refractivity contribution in [3.63, 3.8) is 0 Å². The van der Waals surface area contributed by atoms with Gasteiger partial charge in [0.05, 0.1) is 0 Å². The van der Waals surface area contributed by atoms with Gasteiger partial charge in [0, 0.05) is 28.8 Å². The zero-order valence-corrected chi connectivity index (χ0v) is 20.9. The van der Waals surface area contributed by atoms with Gasteiger partial charge >= 0.3 is 11.9 Å². The number of carbonyl (C=O) groups is 3. The maximum atomic E-state index is 13.2. The highest BCUT2D eigenvalue weighted by atomic mass is 35.5. The van der Waals surface area contributed by atoms with Gasteiger partial charge < -0.3 is 9.47 Å². The third-order valence-corrected chi connectivity index (χ3v) is 6.94. The predicted molar refractivity (Wildman–Crippen MR) is 125 cm³/mol. The first kappa shape index (κ1) is 24.9. The van der Waals surface area contributed by atoms with Gasteiger partial charge in [0.1, 0.15) is 28.4 Å². The maximum Gasteiger partial charge on any atom is 0.355 e. The van der Waals surface area contributed by atoms with E-state index in [0.29, 0.717) is 16.2 Å². The van der Waals surface area contributed by atoms with E-state index in [1.807, 2.05) is 0 Å². The number of nitrogens with zero attached hydrogens (tertiary/aromatic N) is 2. The normalized spacial score (nSPS) is 23.5. The molecule has 32 heavy (non-hydrogen) atoms. The van der Waals surface area contributed by atoms with Gasteiger partial charge in [-0.3, -0.25) is 14.5 Å². The largest absolute Gasteiger partial charge is 0.461 e. The molecule has 2 aliphatic rings. The summed E-state index contributed by atoms with van der Waals surface area (Å²) in [7, 11) is 0. The van der Waals surface area contributed by atoms with Gasteiger partial charge in [-0.05, 0) is 32.9 Å². The van der Waals surface area contributed by atoms with Crippen molar-refractivity contribution < 1.29 is 23.9 Å². The summed E-state index contributed by atoms with van der Waals surface area (Å²) in [5, 5.41) is -0.226. The summed E-state index contributed by atoms with van der Waals surface area (Å²) in [5.74, 6) is -1.55. The van der Waals surface area contributed by atoms with E-state index >= 15 is 0 Å². The molecule has 11 heteroatoms. The lowest BCUT2D eigenvalue weighted by atomic mass is 10.0. The van der Waals surface area contributed by atoms with Crippen LogP contribution in [-0.4, -0.2) is 56.2 Å². The van der Waals surface area contributed by atoms with Crippen LogP contribution in [0.2, 0.25) is 5.02 Å². The molecule has 0 unspecified atom stereocenters. The van der Waals surface area contributed by atoms with Crippen molar-refractivity contribution in [3.8, 4) is 0 Å². The molecule has 1 aromatic carbocycles. The van der Waals surface area contributed by atoms with Crippen LogP contribution in [0.4, 0.5) is 0 Å². The molecule has 0 bridgehead atoms. The molecular formula is C21H21Cl3N2O5S. The average molecular weight is 520 g/mol. The number of hydrogen-bond donors (Lipinski definition) is 0. The minimum absolute atomic E-state index is 0.0141. The highest BCUT2D eigenvalue weighted by Gasteiger charge is 2.65. The molecule has 1 fully saturated rings. The number of amides is 1. The Morgan fingerprint density at radius 1 is 1.34 bits per heavy atom. The van der Waals surface area contributed by atoms with E-state index in [1.165, 1.54) is 23.6 Å². The van der Waals surface area contributed by atoms with Gasteiger partial charge in [0.15, 0.2) is 0 Å². The highest BCUT2D eigenvalue weighted by Crippen LogP contribution is 2.51. The first-order valence-corrected chi connectivity index (χ1v) is 11.8. The zero-order chi connectivity index (χ0) is 23.8. The number of hydrogen-bond acceptors (Lipinski definition) is 7. The van der Waals surface area contributed by atoms with Crippen molar-refractivity contribution in [2.24, 2.45) is 4.99 Å². The third-order valence-electron chi connectivity index (χ3n) is 4.44. The Morgan fingerprint density at radius 3 is 2.62 bits per heavy atom. The molecule has 0 radical (unpaired) electrons. The Balaban J connectivity index is 1.95. The molecule has 172 valence electrons. The summed E-state index contributed by atoms with van der Waals surface area (Å²) in [5.41, 5.74) is 0.175. The number of aliphatic imine (C=N–C) groups is 1. The van der Waals surface area contributed by atoms with Gasteiger partial charge in [-0.25, -0.2) is 9.79 Å². The molecule has 0 aliphatic carbocycles. The van der Waals surface area contributed by atoms with E-state index in [1.54, 1.807) is 45.0 Å². The van der Waals surface area contributed by atoms with Crippen LogP contribution in [0.5, 0.6) is 0 Å². The maximum absolute atomic E-state index is 13.2. The Labute approximate surface area is 205 Å². The summed E-state index contributed by atoms with van der Waals surface area (Å²) in [6, 6.07) is 6.68. The van der Waals surface area contributed by atoms with Crippen molar-refractivity contribution in [2.45, 2.75) is 43.7 Å². The Hall–Kier alpha value is -1.74. The number of halogens is 3. The molecule has 2 atom stereocenters. The first-order valence-electron chi connectivity index (χ1n) is 9.57. The number of ether oxygens (including phenoxy) is 2. The number of esters is 2. The molecule has 0 saturated carbocycles. The van der Waals surface area contributed by atoms with Crippen LogP contribution in [0, 0.1) is 0 Å². The third kappa shape index (κ3) is 5.09. The lowest BCUT2D eigenvalue weighted by Gasteiger charge is -2.52. The van der Waals surface area contributed by atoms with Crippen LogP contribution < -0.4 is 0 Å². The quantitative estimate of drug-likeness (QED) is 0.189. The van der Waals surface area contributed by atoms with Crippen LogP contribution in [0.3, 0.4) is 0 Å². The van der Waals surface area contributed by atoms with Gasteiger partial charge in [-0.15, -0.1) is 11.8 Å². The second kappa shape index (κ2) is 9.25. The Bertz CT molecular complexity index is 1040.